The van der Waals surface area contributed by atoms with Gasteiger partial charge >= 0.3 is 0 Å². The third kappa shape index (κ3) is 5.81. The predicted molar refractivity (Wildman–Crippen MR) is 127 cm³/mol. The number of rotatable bonds is 5. The van der Waals surface area contributed by atoms with E-state index in [-0.39, 0.29) is 11.8 Å². The van der Waals surface area contributed by atoms with Gasteiger partial charge < -0.3 is 9.80 Å². The summed E-state index contributed by atoms with van der Waals surface area (Å²) in [5.74, 6) is 0.0806. The standard InChI is InChI=1S/C24H28Cl2N4O2/c25-20-6-7-21(22(26)16-20)24(32)30-14-10-28(11-15-30)18-23(31)29-12-8-27(9-13-29)17-19-4-2-1-3-5-19/h1-7,16H,8-15,17-18H2. The van der Waals surface area contributed by atoms with Crippen molar-refractivity contribution in [2.75, 3.05) is 58.9 Å². The van der Waals surface area contributed by atoms with E-state index in [1.165, 1.54) is 5.56 Å². The number of halogens is 2. The van der Waals surface area contributed by atoms with Crippen molar-refractivity contribution in [1.82, 2.24) is 19.6 Å². The Hall–Kier alpha value is -2.12. The molecule has 0 saturated carbocycles. The van der Waals surface area contributed by atoms with Crippen molar-refractivity contribution in [3.8, 4) is 0 Å². The van der Waals surface area contributed by atoms with Gasteiger partial charge in [0.05, 0.1) is 17.1 Å². The summed E-state index contributed by atoms with van der Waals surface area (Å²) in [6, 6.07) is 15.4. The molecule has 170 valence electrons. The molecule has 2 heterocycles. The van der Waals surface area contributed by atoms with E-state index in [1.807, 2.05) is 11.0 Å². The Morgan fingerprint density at radius 2 is 1.38 bits per heavy atom. The molecule has 2 aromatic carbocycles. The number of nitrogens with zero attached hydrogens (tertiary/aromatic N) is 4. The van der Waals surface area contributed by atoms with Gasteiger partial charge in [-0.15, -0.1) is 0 Å². The summed E-state index contributed by atoms with van der Waals surface area (Å²) in [7, 11) is 0. The van der Waals surface area contributed by atoms with E-state index in [2.05, 4.69) is 34.1 Å². The first kappa shape index (κ1) is 23.1. The zero-order chi connectivity index (χ0) is 22.5. The molecule has 2 aromatic rings. The molecule has 0 bridgehead atoms. The van der Waals surface area contributed by atoms with Crippen molar-refractivity contribution in [1.29, 1.82) is 0 Å². The highest BCUT2D eigenvalue weighted by atomic mass is 35.5. The number of hydrogen-bond acceptors (Lipinski definition) is 4. The molecule has 8 heteroatoms. The van der Waals surface area contributed by atoms with Crippen LogP contribution in [0.3, 0.4) is 0 Å². The second kappa shape index (κ2) is 10.7. The van der Waals surface area contributed by atoms with E-state index in [9.17, 15) is 9.59 Å². The van der Waals surface area contributed by atoms with Gasteiger partial charge in [0.1, 0.15) is 0 Å². The monoisotopic (exact) mass is 474 g/mol. The summed E-state index contributed by atoms with van der Waals surface area (Å²) >= 11 is 12.1. The van der Waals surface area contributed by atoms with Crippen LogP contribution >= 0.6 is 23.2 Å². The van der Waals surface area contributed by atoms with Crippen LogP contribution < -0.4 is 0 Å². The Labute approximate surface area is 199 Å². The van der Waals surface area contributed by atoms with E-state index < -0.39 is 0 Å². The van der Waals surface area contributed by atoms with Crippen LogP contribution in [0.1, 0.15) is 15.9 Å². The molecule has 4 rings (SSSR count). The van der Waals surface area contributed by atoms with Gasteiger partial charge in [-0.2, -0.15) is 0 Å². The molecule has 0 aliphatic carbocycles. The third-order valence-corrected chi connectivity index (χ3v) is 6.70. The molecule has 2 aliphatic heterocycles. The maximum atomic E-state index is 12.8. The summed E-state index contributed by atoms with van der Waals surface area (Å²) < 4.78 is 0. The summed E-state index contributed by atoms with van der Waals surface area (Å²) in [6.07, 6.45) is 0. The number of carbonyl (C=O) groups is 2. The van der Waals surface area contributed by atoms with Gasteiger partial charge in [0.2, 0.25) is 5.91 Å². The van der Waals surface area contributed by atoms with Crippen molar-refractivity contribution in [2.24, 2.45) is 0 Å². The van der Waals surface area contributed by atoms with Gasteiger partial charge in [-0.1, -0.05) is 53.5 Å². The fourth-order valence-electron chi connectivity index (χ4n) is 4.23. The van der Waals surface area contributed by atoms with Gasteiger partial charge in [-0.3, -0.25) is 19.4 Å². The number of hydrogen-bond donors (Lipinski definition) is 0. The Kier molecular flexibility index (Phi) is 7.68. The minimum absolute atomic E-state index is 0.0906. The molecule has 2 saturated heterocycles. The summed E-state index contributed by atoms with van der Waals surface area (Å²) in [5.41, 5.74) is 1.77. The van der Waals surface area contributed by atoms with Crippen LogP contribution in [0.2, 0.25) is 10.0 Å². The maximum Gasteiger partial charge on any atom is 0.255 e. The molecule has 0 radical (unpaired) electrons. The molecular formula is C24H28Cl2N4O2. The molecule has 6 nitrogen and oxygen atoms in total. The summed E-state index contributed by atoms with van der Waals surface area (Å²) in [6.45, 7) is 7.16. The molecule has 0 unspecified atom stereocenters. The molecule has 0 spiro atoms. The van der Waals surface area contributed by atoms with Gasteiger partial charge in [0, 0.05) is 63.9 Å². The Balaban J connectivity index is 1.21. The zero-order valence-electron chi connectivity index (χ0n) is 18.1. The van der Waals surface area contributed by atoms with Crippen LogP contribution in [-0.4, -0.2) is 90.3 Å². The van der Waals surface area contributed by atoms with Crippen LogP contribution in [0.5, 0.6) is 0 Å². The third-order valence-electron chi connectivity index (χ3n) is 6.15. The van der Waals surface area contributed by atoms with Crippen molar-refractivity contribution >= 4 is 35.0 Å². The lowest BCUT2D eigenvalue weighted by Crippen LogP contribution is -2.54. The van der Waals surface area contributed by atoms with Crippen LogP contribution in [0.25, 0.3) is 0 Å². The Bertz CT molecular complexity index is 940. The lowest BCUT2D eigenvalue weighted by molar-refractivity contribution is -0.134. The van der Waals surface area contributed by atoms with Crippen LogP contribution in [-0.2, 0) is 11.3 Å². The van der Waals surface area contributed by atoms with Gasteiger partial charge in [-0.05, 0) is 23.8 Å². The molecule has 0 N–H and O–H groups in total. The number of amides is 2. The number of carbonyl (C=O) groups excluding carboxylic acids is 2. The van der Waals surface area contributed by atoms with E-state index in [1.54, 1.807) is 23.1 Å². The maximum absolute atomic E-state index is 12.8. The van der Waals surface area contributed by atoms with Gasteiger partial charge in [-0.25, -0.2) is 0 Å². The highest BCUT2D eigenvalue weighted by Gasteiger charge is 2.27. The van der Waals surface area contributed by atoms with Crippen molar-refractivity contribution in [3.05, 3.63) is 69.7 Å². The molecule has 32 heavy (non-hydrogen) atoms. The van der Waals surface area contributed by atoms with E-state index in [0.717, 1.165) is 32.7 Å². The molecular weight excluding hydrogens is 447 g/mol. The fourth-order valence-corrected chi connectivity index (χ4v) is 4.72. The van der Waals surface area contributed by atoms with Crippen molar-refractivity contribution < 1.29 is 9.59 Å². The first-order valence-electron chi connectivity index (χ1n) is 11.0. The second-order valence-corrected chi connectivity index (χ2v) is 9.18. The normalized spacial score (nSPS) is 18.1. The lowest BCUT2D eigenvalue weighted by Gasteiger charge is -2.38. The van der Waals surface area contributed by atoms with Gasteiger partial charge in [0.15, 0.2) is 0 Å². The lowest BCUT2D eigenvalue weighted by atomic mass is 10.1. The topological polar surface area (TPSA) is 47.1 Å². The summed E-state index contributed by atoms with van der Waals surface area (Å²) in [4.78, 5) is 33.8. The molecule has 0 atom stereocenters. The van der Waals surface area contributed by atoms with E-state index in [4.69, 9.17) is 23.2 Å². The number of piperazine rings is 2. The Morgan fingerprint density at radius 1 is 0.750 bits per heavy atom. The zero-order valence-corrected chi connectivity index (χ0v) is 19.6. The minimum Gasteiger partial charge on any atom is -0.339 e. The minimum atomic E-state index is -0.0906. The first-order chi connectivity index (χ1) is 15.5. The largest absolute Gasteiger partial charge is 0.339 e. The molecule has 2 amide bonds. The fraction of sp³-hybridized carbons (Fsp3) is 0.417. The van der Waals surface area contributed by atoms with E-state index in [0.29, 0.717) is 48.3 Å². The van der Waals surface area contributed by atoms with E-state index >= 15 is 0 Å². The number of benzene rings is 2. The Morgan fingerprint density at radius 3 is 2.03 bits per heavy atom. The van der Waals surface area contributed by atoms with Crippen molar-refractivity contribution in [3.63, 3.8) is 0 Å². The second-order valence-electron chi connectivity index (χ2n) is 8.34. The smallest absolute Gasteiger partial charge is 0.255 e. The molecule has 2 aliphatic rings. The SMILES string of the molecule is O=C(CN1CCN(C(=O)c2ccc(Cl)cc2Cl)CC1)N1CCN(Cc2ccccc2)CC1. The average molecular weight is 475 g/mol. The molecule has 0 aromatic heterocycles. The van der Waals surface area contributed by atoms with Crippen molar-refractivity contribution in [2.45, 2.75) is 6.54 Å². The van der Waals surface area contributed by atoms with Crippen LogP contribution in [0.15, 0.2) is 48.5 Å². The quantitative estimate of drug-likeness (QED) is 0.667. The highest BCUT2D eigenvalue weighted by Crippen LogP contribution is 2.23. The average Bonchev–Trinajstić information content (AvgIpc) is 2.80. The highest BCUT2D eigenvalue weighted by molar-refractivity contribution is 6.36. The predicted octanol–water partition coefficient (Wildman–Crippen LogP) is 3.10. The van der Waals surface area contributed by atoms with Crippen LogP contribution in [0.4, 0.5) is 0 Å². The summed E-state index contributed by atoms with van der Waals surface area (Å²) in [5, 5.41) is 0.877. The van der Waals surface area contributed by atoms with Gasteiger partial charge in [0.25, 0.3) is 5.91 Å². The van der Waals surface area contributed by atoms with Crippen LogP contribution in [0, 0.1) is 0 Å². The molecule has 2 fully saturated rings. The first-order valence-corrected chi connectivity index (χ1v) is 11.8.